The first kappa shape index (κ1) is 21.5. The lowest BCUT2D eigenvalue weighted by molar-refractivity contribution is -0.120. The summed E-state index contributed by atoms with van der Waals surface area (Å²) < 4.78 is 5.46. The number of hydrogen-bond acceptors (Lipinski definition) is 4. The molecule has 0 saturated heterocycles. The van der Waals surface area contributed by atoms with Crippen molar-refractivity contribution in [2.45, 2.75) is 13.8 Å². The second-order valence-corrected chi connectivity index (χ2v) is 8.34. The molecule has 5 nitrogen and oxygen atoms in total. The maximum Gasteiger partial charge on any atom is 0.282 e. The van der Waals surface area contributed by atoms with E-state index in [9.17, 15) is 9.59 Å². The minimum absolute atomic E-state index is 0.249. The van der Waals surface area contributed by atoms with Crippen LogP contribution in [0, 0.1) is 13.8 Å². The number of hydrogen-bond donors (Lipinski definition) is 1. The topological polar surface area (TPSA) is 58.6 Å². The van der Waals surface area contributed by atoms with Gasteiger partial charge in [-0.05, 0) is 48.6 Å². The highest BCUT2D eigenvalue weighted by atomic mass is 16.5. The number of carbonyl (C=O) groups is 2. The van der Waals surface area contributed by atoms with Gasteiger partial charge in [-0.15, -0.1) is 0 Å². The third-order valence-electron chi connectivity index (χ3n) is 6.11. The summed E-state index contributed by atoms with van der Waals surface area (Å²) in [5, 5.41) is 5.33. The van der Waals surface area contributed by atoms with Crippen LogP contribution in [0.15, 0.2) is 90.6 Å². The van der Waals surface area contributed by atoms with E-state index in [0.29, 0.717) is 17.0 Å². The standard InChI is InChI=1S/C29H24N2O3/c1-18-15-16-21(19(2)17-18)26-27(30-23-12-8-10-20-9-4-5-11-22(20)23)29(33)31(28(26)32)24-13-6-7-14-25(24)34-3/h4-17,30H,1-3H3. The summed E-state index contributed by atoms with van der Waals surface area (Å²) in [7, 11) is 1.53. The van der Waals surface area contributed by atoms with Crippen LogP contribution in [0.4, 0.5) is 11.4 Å². The highest BCUT2D eigenvalue weighted by molar-refractivity contribution is 6.46. The molecular weight excluding hydrogens is 424 g/mol. The molecule has 0 spiro atoms. The minimum Gasteiger partial charge on any atom is -0.495 e. The zero-order valence-corrected chi connectivity index (χ0v) is 19.3. The molecule has 1 N–H and O–H groups in total. The number of carbonyl (C=O) groups excluding carboxylic acids is 2. The first-order valence-corrected chi connectivity index (χ1v) is 11.1. The molecule has 0 atom stereocenters. The molecule has 2 amide bonds. The number of nitrogens with zero attached hydrogens (tertiary/aromatic N) is 1. The first-order chi connectivity index (χ1) is 16.5. The number of nitrogens with one attached hydrogen (secondary N) is 1. The van der Waals surface area contributed by atoms with Crippen LogP contribution < -0.4 is 15.0 Å². The molecule has 0 aliphatic carbocycles. The van der Waals surface area contributed by atoms with Crippen LogP contribution in [0.1, 0.15) is 16.7 Å². The van der Waals surface area contributed by atoms with Crippen LogP contribution in [0.3, 0.4) is 0 Å². The Morgan fingerprint density at radius 2 is 1.53 bits per heavy atom. The van der Waals surface area contributed by atoms with Gasteiger partial charge in [0.05, 0.1) is 18.4 Å². The van der Waals surface area contributed by atoms with Gasteiger partial charge in [0.1, 0.15) is 11.4 Å². The molecule has 0 aromatic heterocycles. The Bertz CT molecular complexity index is 1480. The predicted octanol–water partition coefficient (Wildman–Crippen LogP) is 5.86. The van der Waals surface area contributed by atoms with Gasteiger partial charge in [0.2, 0.25) is 0 Å². The van der Waals surface area contributed by atoms with E-state index in [0.717, 1.165) is 33.2 Å². The van der Waals surface area contributed by atoms with Gasteiger partial charge < -0.3 is 10.1 Å². The van der Waals surface area contributed by atoms with E-state index in [1.807, 2.05) is 74.5 Å². The van der Waals surface area contributed by atoms with Gasteiger partial charge >= 0.3 is 0 Å². The molecule has 34 heavy (non-hydrogen) atoms. The van der Waals surface area contributed by atoms with Crippen LogP contribution in [-0.2, 0) is 9.59 Å². The highest BCUT2D eigenvalue weighted by Crippen LogP contribution is 2.39. The average molecular weight is 449 g/mol. The second-order valence-electron chi connectivity index (χ2n) is 8.34. The van der Waals surface area contributed by atoms with E-state index >= 15 is 0 Å². The van der Waals surface area contributed by atoms with E-state index in [1.54, 1.807) is 24.3 Å². The van der Waals surface area contributed by atoms with Gasteiger partial charge in [0.25, 0.3) is 11.8 Å². The predicted molar refractivity (Wildman–Crippen MR) is 136 cm³/mol. The van der Waals surface area contributed by atoms with Gasteiger partial charge in [0.15, 0.2) is 0 Å². The summed E-state index contributed by atoms with van der Waals surface area (Å²) in [4.78, 5) is 28.8. The lowest BCUT2D eigenvalue weighted by Gasteiger charge is -2.18. The van der Waals surface area contributed by atoms with Crippen molar-refractivity contribution in [1.82, 2.24) is 0 Å². The van der Waals surface area contributed by atoms with Gasteiger partial charge in [0, 0.05) is 11.1 Å². The van der Waals surface area contributed by atoms with Crippen molar-refractivity contribution in [1.29, 1.82) is 0 Å². The van der Waals surface area contributed by atoms with Crippen LogP contribution in [0.2, 0.25) is 0 Å². The minimum atomic E-state index is -0.419. The number of imide groups is 1. The molecule has 1 aliphatic heterocycles. The smallest absolute Gasteiger partial charge is 0.282 e. The number of methoxy groups -OCH3 is 1. The van der Waals surface area contributed by atoms with Gasteiger partial charge in [-0.1, -0.05) is 72.3 Å². The summed E-state index contributed by atoms with van der Waals surface area (Å²) in [6.45, 7) is 3.96. The van der Waals surface area contributed by atoms with E-state index in [-0.39, 0.29) is 11.6 Å². The zero-order chi connectivity index (χ0) is 23.8. The number of amides is 2. The molecular formula is C29H24N2O3. The van der Waals surface area contributed by atoms with E-state index in [4.69, 9.17) is 4.74 Å². The normalized spacial score (nSPS) is 13.7. The lowest BCUT2D eigenvalue weighted by atomic mass is 9.97. The van der Waals surface area contributed by atoms with Crippen molar-refractivity contribution in [3.05, 3.63) is 107 Å². The van der Waals surface area contributed by atoms with E-state index in [2.05, 4.69) is 5.32 Å². The molecule has 4 aromatic rings. The molecule has 0 unspecified atom stereocenters. The Kier molecular flexibility index (Phi) is 5.38. The van der Waals surface area contributed by atoms with Crippen molar-refractivity contribution in [3.8, 4) is 5.75 Å². The van der Waals surface area contributed by atoms with Crippen molar-refractivity contribution in [3.63, 3.8) is 0 Å². The summed E-state index contributed by atoms with van der Waals surface area (Å²) in [6.07, 6.45) is 0. The molecule has 1 heterocycles. The maximum absolute atomic E-state index is 13.8. The monoisotopic (exact) mass is 448 g/mol. The van der Waals surface area contributed by atoms with Crippen molar-refractivity contribution in [2.24, 2.45) is 0 Å². The fourth-order valence-electron chi connectivity index (χ4n) is 4.49. The fourth-order valence-corrected chi connectivity index (χ4v) is 4.49. The number of benzene rings is 4. The maximum atomic E-state index is 13.8. The number of aryl methyl sites for hydroxylation is 2. The molecule has 168 valence electrons. The number of anilines is 2. The quantitative estimate of drug-likeness (QED) is 0.389. The molecule has 1 aliphatic rings. The van der Waals surface area contributed by atoms with Gasteiger partial charge in [-0.3, -0.25) is 9.59 Å². The molecule has 4 aromatic carbocycles. The lowest BCUT2D eigenvalue weighted by Crippen LogP contribution is -2.32. The Balaban J connectivity index is 1.70. The molecule has 0 bridgehead atoms. The highest BCUT2D eigenvalue weighted by Gasteiger charge is 2.42. The Morgan fingerprint density at radius 1 is 0.794 bits per heavy atom. The molecule has 0 saturated carbocycles. The number of para-hydroxylation sites is 2. The average Bonchev–Trinajstić information content (AvgIpc) is 3.08. The first-order valence-electron chi connectivity index (χ1n) is 11.1. The third-order valence-corrected chi connectivity index (χ3v) is 6.11. The SMILES string of the molecule is COc1ccccc1N1C(=O)C(Nc2cccc3ccccc23)=C(c2ccc(C)cc2C)C1=O. The zero-order valence-electron chi connectivity index (χ0n) is 19.3. The summed E-state index contributed by atoms with van der Waals surface area (Å²) in [6, 6.07) is 26.7. The molecule has 5 rings (SSSR count). The molecule has 5 heteroatoms. The summed E-state index contributed by atoms with van der Waals surface area (Å²) >= 11 is 0. The van der Waals surface area contributed by atoms with E-state index < -0.39 is 5.91 Å². The Hall–Kier alpha value is -4.38. The van der Waals surface area contributed by atoms with Crippen molar-refractivity contribution >= 4 is 39.5 Å². The van der Waals surface area contributed by atoms with Gasteiger partial charge in [-0.2, -0.15) is 0 Å². The Labute approximate surface area is 198 Å². The van der Waals surface area contributed by atoms with Crippen LogP contribution in [0.5, 0.6) is 5.75 Å². The van der Waals surface area contributed by atoms with Gasteiger partial charge in [-0.25, -0.2) is 4.90 Å². The second kappa shape index (κ2) is 8.52. The van der Waals surface area contributed by atoms with Crippen LogP contribution in [0.25, 0.3) is 16.3 Å². The molecule has 0 radical (unpaired) electrons. The number of rotatable bonds is 5. The van der Waals surface area contributed by atoms with Crippen molar-refractivity contribution in [2.75, 3.05) is 17.3 Å². The van der Waals surface area contributed by atoms with Crippen LogP contribution >= 0.6 is 0 Å². The summed E-state index contributed by atoms with van der Waals surface area (Å²) in [5.41, 5.74) is 4.51. The summed E-state index contributed by atoms with van der Waals surface area (Å²) in [5.74, 6) is -0.350. The number of fused-ring (bicyclic) bond motifs is 1. The third kappa shape index (κ3) is 3.52. The fraction of sp³-hybridized carbons (Fsp3) is 0.103. The molecule has 0 fully saturated rings. The Morgan fingerprint density at radius 3 is 2.32 bits per heavy atom. The van der Waals surface area contributed by atoms with Crippen LogP contribution in [-0.4, -0.2) is 18.9 Å². The number of ether oxygens (including phenoxy) is 1. The van der Waals surface area contributed by atoms with E-state index in [1.165, 1.54) is 12.0 Å². The largest absolute Gasteiger partial charge is 0.495 e. The van der Waals surface area contributed by atoms with Crippen molar-refractivity contribution < 1.29 is 14.3 Å².